The van der Waals surface area contributed by atoms with Gasteiger partial charge < -0.3 is 40.8 Å². The largest absolute Gasteiger partial charge is 0.506 e. The number of aliphatic carboxylic acids is 1. The smallest absolute Gasteiger partial charge is 0.340 e. The van der Waals surface area contributed by atoms with Crippen LogP contribution in [0.15, 0.2) is 51.7 Å². The van der Waals surface area contributed by atoms with Gasteiger partial charge in [0, 0.05) is 43.9 Å². The second kappa shape index (κ2) is 19.4. The number of halogens is 1. The summed E-state index contributed by atoms with van der Waals surface area (Å²) in [4.78, 5) is 88.6. The molecule has 0 radical (unpaired) electrons. The van der Waals surface area contributed by atoms with Crippen molar-refractivity contribution < 1.29 is 43.4 Å². The average Bonchev–Trinajstić information content (AvgIpc) is 3.13. The molecule has 4 rings (SSSR count). The maximum atomic E-state index is 13.2. The number of nitrogens with zero attached hydrogens (tertiary/aromatic N) is 1. The normalized spacial score (nSPS) is 14.6. The monoisotopic (exact) mass is 753 g/mol. The predicted molar refractivity (Wildman–Crippen MR) is 194 cm³/mol. The highest BCUT2D eigenvalue weighted by Gasteiger charge is 2.29. The van der Waals surface area contributed by atoms with Crippen molar-refractivity contribution in [3.63, 3.8) is 0 Å². The quantitative estimate of drug-likeness (QED) is 0.0868. The number of unbranched alkanes of at least 4 members (excludes halogenated alkanes) is 2. The molecule has 1 saturated heterocycles. The first kappa shape index (κ1) is 40.3. The predicted octanol–water partition coefficient (Wildman–Crippen LogP) is 1.96. The van der Waals surface area contributed by atoms with Gasteiger partial charge in [-0.2, -0.15) is 0 Å². The number of carboxylic acid groups (broad SMARTS) is 1. The molecule has 53 heavy (non-hydrogen) atoms. The fourth-order valence-corrected chi connectivity index (χ4v) is 6.24. The molecule has 1 fully saturated rings. The van der Waals surface area contributed by atoms with Crippen LogP contribution in [0.2, 0.25) is 5.02 Å². The van der Waals surface area contributed by atoms with E-state index in [9.17, 15) is 38.7 Å². The van der Waals surface area contributed by atoms with Gasteiger partial charge >= 0.3 is 11.6 Å². The summed E-state index contributed by atoms with van der Waals surface area (Å²) in [6.07, 6.45) is 3.09. The van der Waals surface area contributed by atoms with E-state index in [1.807, 2.05) is 6.07 Å². The molecule has 15 nitrogen and oxygen atoms in total. The minimum atomic E-state index is -1.22. The molecular weight excluding hydrogens is 710 g/mol. The van der Waals surface area contributed by atoms with Crippen molar-refractivity contribution in [2.24, 2.45) is 5.92 Å². The molecule has 3 aromatic rings. The Morgan fingerprint density at radius 2 is 1.74 bits per heavy atom. The number of hydrogen-bond acceptors (Lipinski definition) is 9. The van der Waals surface area contributed by atoms with Gasteiger partial charge in [0.05, 0.1) is 29.5 Å². The number of carboxylic acids is 1. The summed E-state index contributed by atoms with van der Waals surface area (Å²) in [5, 5.41) is 29.4. The minimum absolute atomic E-state index is 0.0926. The van der Waals surface area contributed by atoms with Crippen LogP contribution in [-0.4, -0.2) is 89.4 Å². The Bertz CT molecular complexity index is 1880. The first-order chi connectivity index (χ1) is 25.3. The Kier molecular flexibility index (Phi) is 14.8. The van der Waals surface area contributed by atoms with Crippen molar-refractivity contribution in [2.75, 3.05) is 32.7 Å². The van der Waals surface area contributed by atoms with E-state index < -0.39 is 48.5 Å². The number of benzene rings is 2. The van der Waals surface area contributed by atoms with E-state index >= 15 is 0 Å². The van der Waals surface area contributed by atoms with Gasteiger partial charge in [0.2, 0.25) is 29.5 Å². The fraction of sp³-hybridized carbons (Fsp3) is 0.432. The van der Waals surface area contributed by atoms with Crippen molar-refractivity contribution in [2.45, 2.75) is 64.3 Å². The lowest BCUT2D eigenvalue weighted by atomic mass is 9.96. The average molecular weight is 754 g/mol. The summed E-state index contributed by atoms with van der Waals surface area (Å²) in [6, 6.07) is 10.8. The molecule has 16 heteroatoms. The van der Waals surface area contributed by atoms with E-state index in [-0.39, 0.29) is 65.4 Å². The highest BCUT2D eigenvalue weighted by Crippen LogP contribution is 2.31. The first-order valence-corrected chi connectivity index (χ1v) is 17.8. The molecule has 0 spiro atoms. The molecule has 284 valence electrons. The van der Waals surface area contributed by atoms with E-state index in [0.717, 1.165) is 5.56 Å². The molecule has 2 heterocycles. The number of amides is 5. The van der Waals surface area contributed by atoms with E-state index in [4.69, 9.17) is 21.1 Å². The third-order valence-corrected chi connectivity index (χ3v) is 9.30. The summed E-state index contributed by atoms with van der Waals surface area (Å²) in [5.41, 5.74) is 1.01. The minimum Gasteiger partial charge on any atom is -0.506 e. The lowest BCUT2D eigenvalue weighted by Gasteiger charge is -2.32. The third kappa shape index (κ3) is 12.1. The molecule has 2 aromatic carbocycles. The van der Waals surface area contributed by atoms with Gasteiger partial charge in [-0.1, -0.05) is 48.4 Å². The maximum Gasteiger partial charge on any atom is 0.340 e. The Morgan fingerprint density at radius 3 is 2.47 bits per heavy atom. The van der Waals surface area contributed by atoms with Crippen LogP contribution < -0.4 is 26.9 Å². The Morgan fingerprint density at radius 1 is 0.981 bits per heavy atom. The SMILES string of the molecule is Cc1c(CC(=O)N2CCC[C@H](C(=O)NCCCCCC(=O)N[C@@H](Cc3ccccc3)C(=O)NCC(=O)NCC(=O)O)C2)c(=O)oc2cc(O)c(Cl)cc12. The van der Waals surface area contributed by atoms with Crippen LogP contribution in [0.3, 0.4) is 0 Å². The van der Waals surface area contributed by atoms with Gasteiger partial charge in [-0.15, -0.1) is 0 Å². The fourth-order valence-electron chi connectivity index (χ4n) is 6.08. The third-order valence-electron chi connectivity index (χ3n) is 9.00. The molecule has 0 aliphatic carbocycles. The highest BCUT2D eigenvalue weighted by molar-refractivity contribution is 6.32. The van der Waals surface area contributed by atoms with Crippen LogP contribution in [0.5, 0.6) is 5.75 Å². The Labute approximate surface area is 310 Å². The van der Waals surface area contributed by atoms with Crippen molar-refractivity contribution in [1.82, 2.24) is 26.2 Å². The zero-order valence-electron chi connectivity index (χ0n) is 29.4. The number of hydrogen-bond donors (Lipinski definition) is 6. The Hall–Kier alpha value is -5.44. The van der Waals surface area contributed by atoms with Crippen LogP contribution in [0.25, 0.3) is 11.0 Å². The molecule has 0 saturated carbocycles. The number of carbonyl (C=O) groups is 6. The number of fused-ring (bicyclic) bond motifs is 1. The summed E-state index contributed by atoms with van der Waals surface area (Å²) in [7, 11) is 0. The number of nitrogens with one attached hydrogen (secondary N) is 4. The van der Waals surface area contributed by atoms with Crippen LogP contribution in [0.1, 0.15) is 55.2 Å². The summed E-state index contributed by atoms with van der Waals surface area (Å²) >= 11 is 6.04. The van der Waals surface area contributed by atoms with Crippen molar-refractivity contribution in [3.05, 3.63) is 74.6 Å². The summed E-state index contributed by atoms with van der Waals surface area (Å²) in [5.74, 6) is -3.94. The van der Waals surface area contributed by atoms with Crippen LogP contribution in [0, 0.1) is 12.8 Å². The maximum absolute atomic E-state index is 13.2. The van der Waals surface area contributed by atoms with Gasteiger partial charge in [-0.25, -0.2) is 4.79 Å². The van der Waals surface area contributed by atoms with E-state index in [2.05, 4.69) is 21.3 Å². The van der Waals surface area contributed by atoms with Crippen molar-refractivity contribution in [1.29, 1.82) is 0 Å². The molecule has 1 aromatic heterocycles. The number of aromatic hydroxyl groups is 1. The molecule has 0 bridgehead atoms. The van der Waals surface area contributed by atoms with E-state index in [1.165, 1.54) is 12.1 Å². The highest BCUT2D eigenvalue weighted by atomic mass is 35.5. The Balaban J connectivity index is 1.19. The molecule has 1 aliphatic rings. The number of likely N-dealkylation sites (tertiary alicyclic amines) is 1. The number of piperidine rings is 1. The number of rotatable bonds is 17. The molecule has 1 aliphatic heterocycles. The van der Waals surface area contributed by atoms with Crippen LogP contribution in [0.4, 0.5) is 0 Å². The second-order valence-electron chi connectivity index (χ2n) is 12.9. The molecule has 0 unspecified atom stereocenters. The lowest BCUT2D eigenvalue weighted by Crippen LogP contribution is -2.50. The van der Waals surface area contributed by atoms with E-state index in [0.29, 0.717) is 56.1 Å². The number of phenolic OH excluding ortho intramolecular Hbond substituents is 1. The van der Waals surface area contributed by atoms with Crippen LogP contribution >= 0.6 is 11.6 Å². The number of aryl methyl sites for hydroxylation is 1. The van der Waals surface area contributed by atoms with Gasteiger partial charge in [0.15, 0.2) is 0 Å². The van der Waals surface area contributed by atoms with Gasteiger partial charge in [-0.3, -0.25) is 28.8 Å². The molecule has 6 N–H and O–H groups in total. The van der Waals surface area contributed by atoms with Gasteiger partial charge in [-0.05, 0) is 49.8 Å². The number of phenols is 1. The molecular formula is C37H44ClN5O10. The zero-order valence-corrected chi connectivity index (χ0v) is 30.1. The lowest BCUT2D eigenvalue weighted by molar-refractivity contribution is -0.138. The first-order valence-electron chi connectivity index (χ1n) is 17.4. The van der Waals surface area contributed by atoms with Crippen LogP contribution in [-0.2, 0) is 41.6 Å². The van der Waals surface area contributed by atoms with E-state index in [1.54, 1.807) is 36.1 Å². The van der Waals surface area contributed by atoms with Gasteiger partial charge in [0.1, 0.15) is 23.9 Å². The topological polar surface area (TPSA) is 224 Å². The summed E-state index contributed by atoms with van der Waals surface area (Å²) in [6.45, 7) is 1.72. The molecule has 2 atom stereocenters. The zero-order chi connectivity index (χ0) is 38.5. The second-order valence-corrected chi connectivity index (χ2v) is 13.4. The number of carbonyl (C=O) groups excluding carboxylic acids is 5. The van der Waals surface area contributed by atoms with Crippen molar-refractivity contribution >= 4 is 58.1 Å². The molecule has 5 amide bonds. The van der Waals surface area contributed by atoms with Gasteiger partial charge in [0.25, 0.3) is 0 Å². The summed E-state index contributed by atoms with van der Waals surface area (Å²) < 4.78 is 5.35. The van der Waals surface area contributed by atoms with Crippen molar-refractivity contribution in [3.8, 4) is 5.75 Å². The standard InChI is InChI=1S/C37H44ClN5O10/c1-22-25-16-27(38)29(44)18-30(25)53-37(52)26(22)17-33(47)43-14-8-11-24(21-43)35(50)39-13-7-3-6-12-31(45)42-28(15-23-9-4-2-5-10-23)36(51)41-19-32(46)40-20-34(48)49/h2,4-5,9-10,16,18,24,28,44H,3,6-8,11-15,17,19-21H2,1H3,(H,39,50)(H,40,46)(H,41,51)(H,42,45)(H,48,49)/t24-,28-/m0/s1.